The Bertz CT molecular complexity index is 442. The lowest BCUT2D eigenvalue weighted by Crippen LogP contribution is -2.44. The molecule has 1 aliphatic rings. The highest BCUT2D eigenvalue weighted by Crippen LogP contribution is 2.37. The molecule has 1 aromatic carbocycles. The fourth-order valence-corrected chi connectivity index (χ4v) is 2.74. The van der Waals surface area contributed by atoms with Crippen molar-refractivity contribution in [1.29, 1.82) is 0 Å². The van der Waals surface area contributed by atoms with Crippen LogP contribution in [-0.4, -0.2) is 19.0 Å². The molecule has 1 aromatic rings. The number of hydrogen-bond donors (Lipinski definition) is 1. The molecule has 0 saturated heterocycles. The molecule has 3 heteroatoms. The van der Waals surface area contributed by atoms with Crippen molar-refractivity contribution in [2.75, 3.05) is 11.9 Å². The molecule has 0 spiro atoms. The van der Waals surface area contributed by atoms with Crippen LogP contribution in [0.4, 0.5) is 5.69 Å². The largest absolute Gasteiger partial charge is 0.313 e. The standard InChI is InChI=1S/C14H20N2O/c1-9-5-6-14-12(7-9)13(15-4)8-10(2)16(14)11(3)17/h5-7,10,13,15H,8H2,1-4H3. The first-order chi connectivity index (χ1) is 8.04. The van der Waals surface area contributed by atoms with Gasteiger partial charge >= 0.3 is 0 Å². The van der Waals surface area contributed by atoms with Gasteiger partial charge in [-0.05, 0) is 38.9 Å². The van der Waals surface area contributed by atoms with Gasteiger partial charge in [-0.15, -0.1) is 0 Å². The number of aryl methyl sites for hydroxylation is 1. The van der Waals surface area contributed by atoms with Gasteiger partial charge in [-0.1, -0.05) is 17.7 Å². The number of carbonyl (C=O) groups is 1. The van der Waals surface area contributed by atoms with Gasteiger partial charge < -0.3 is 10.2 Å². The van der Waals surface area contributed by atoms with Crippen molar-refractivity contribution in [1.82, 2.24) is 5.32 Å². The first-order valence-electron chi connectivity index (χ1n) is 6.12. The van der Waals surface area contributed by atoms with E-state index in [4.69, 9.17) is 0 Å². The van der Waals surface area contributed by atoms with Crippen LogP contribution in [0.15, 0.2) is 18.2 Å². The number of nitrogens with one attached hydrogen (secondary N) is 1. The van der Waals surface area contributed by atoms with Crippen LogP contribution in [-0.2, 0) is 4.79 Å². The molecule has 2 unspecified atom stereocenters. The Kier molecular flexibility index (Phi) is 3.20. The second-order valence-corrected chi connectivity index (χ2v) is 4.88. The van der Waals surface area contributed by atoms with Gasteiger partial charge in [0.05, 0.1) is 0 Å². The van der Waals surface area contributed by atoms with E-state index in [0.717, 1.165) is 12.1 Å². The summed E-state index contributed by atoms with van der Waals surface area (Å²) in [6, 6.07) is 6.90. The van der Waals surface area contributed by atoms with E-state index in [-0.39, 0.29) is 11.9 Å². The van der Waals surface area contributed by atoms with Crippen molar-refractivity contribution in [3.05, 3.63) is 29.3 Å². The van der Waals surface area contributed by atoms with Crippen LogP contribution in [0, 0.1) is 6.92 Å². The molecular weight excluding hydrogens is 212 g/mol. The fourth-order valence-electron chi connectivity index (χ4n) is 2.74. The molecule has 2 atom stereocenters. The van der Waals surface area contributed by atoms with Gasteiger partial charge in [-0.3, -0.25) is 4.79 Å². The highest BCUT2D eigenvalue weighted by molar-refractivity contribution is 5.93. The van der Waals surface area contributed by atoms with Crippen molar-refractivity contribution in [2.24, 2.45) is 0 Å². The molecule has 1 N–H and O–H groups in total. The maximum atomic E-state index is 11.8. The molecule has 1 aliphatic heterocycles. The smallest absolute Gasteiger partial charge is 0.224 e. The van der Waals surface area contributed by atoms with Gasteiger partial charge in [0.25, 0.3) is 0 Å². The van der Waals surface area contributed by atoms with Crippen LogP contribution in [0.2, 0.25) is 0 Å². The lowest BCUT2D eigenvalue weighted by molar-refractivity contribution is -0.117. The summed E-state index contributed by atoms with van der Waals surface area (Å²) in [5, 5.41) is 3.34. The van der Waals surface area contributed by atoms with Crippen LogP contribution in [0.1, 0.15) is 37.4 Å². The zero-order valence-corrected chi connectivity index (χ0v) is 10.9. The molecular formula is C14H20N2O. The normalized spacial score (nSPS) is 23.4. The minimum absolute atomic E-state index is 0.122. The van der Waals surface area contributed by atoms with E-state index in [1.54, 1.807) is 6.92 Å². The van der Waals surface area contributed by atoms with Gasteiger partial charge in [0.2, 0.25) is 5.91 Å². The lowest BCUT2D eigenvalue weighted by Gasteiger charge is -2.39. The minimum Gasteiger partial charge on any atom is -0.313 e. The van der Waals surface area contributed by atoms with Crippen molar-refractivity contribution in [2.45, 2.75) is 39.3 Å². The SMILES string of the molecule is CNC1CC(C)N(C(C)=O)c2ccc(C)cc21. The van der Waals surface area contributed by atoms with E-state index in [1.165, 1.54) is 11.1 Å². The highest BCUT2D eigenvalue weighted by Gasteiger charge is 2.31. The second-order valence-electron chi connectivity index (χ2n) is 4.88. The molecule has 0 aromatic heterocycles. The molecule has 2 rings (SSSR count). The molecule has 0 radical (unpaired) electrons. The zero-order chi connectivity index (χ0) is 12.6. The predicted molar refractivity (Wildman–Crippen MR) is 70.2 cm³/mol. The average molecular weight is 232 g/mol. The Morgan fingerprint density at radius 1 is 1.47 bits per heavy atom. The number of fused-ring (bicyclic) bond motifs is 1. The molecule has 0 saturated carbocycles. The summed E-state index contributed by atoms with van der Waals surface area (Å²) in [6.07, 6.45) is 0.965. The summed E-state index contributed by atoms with van der Waals surface area (Å²) < 4.78 is 0. The minimum atomic E-state index is 0.122. The maximum Gasteiger partial charge on any atom is 0.224 e. The third-order valence-corrected chi connectivity index (χ3v) is 3.52. The van der Waals surface area contributed by atoms with Crippen molar-refractivity contribution >= 4 is 11.6 Å². The second kappa shape index (κ2) is 4.49. The van der Waals surface area contributed by atoms with Gasteiger partial charge in [0, 0.05) is 24.7 Å². The Hall–Kier alpha value is -1.35. The number of anilines is 1. The summed E-state index contributed by atoms with van der Waals surface area (Å²) in [6.45, 7) is 5.83. The summed E-state index contributed by atoms with van der Waals surface area (Å²) in [5.41, 5.74) is 3.53. The van der Waals surface area contributed by atoms with Crippen molar-refractivity contribution < 1.29 is 4.79 Å². The molecule has 1 amide bonds. The average Bonchev–Trinajstić information content (AvgIpc) is 2.27. The van der Waals surface area contributed by atoms with Gasteiger partial charge in [-0.2, -0.15) is 0 Å². The highest BCUT2D eigenvalue weighted by atomic mass is 16.2. The summed E-state index contributed by atoms with van der Waals surface area (Å²) in [4.78, 5) is 13.7. The number of rotatable bonds is 1. The lowest BCUT2D eigenvalue weighted by atomic mass is 9.90. The molecule has 1 heterocycles. The predicted octanol–water partition coefficient (Wildman–Crippen LogP) is 2.40. The fraction of sp³-hybridized carbons (Fsp3) is 0.500. The quantitative estimate of drug-likeness (QED) is 0.806. The summed E-state index contributed by atoms with van der Waals surface area (Å²) >= 11 is 0. The Morgan fingerprint density at radius 2 is 2.18 bits per heavy atom. The van der Waals surface area contributed by atoms with Crippen molar-refractivity contribution in [3.63, 3.8) is 0 Å². The number of hydrogen-bond acceptors (Lipinski definition) is 2. The van der Waals surface area contributed by atoms with Gasteiger partial charge in [0.1, 0.15) is 0 Å². The van der Waals surface area contributed by atoms with Crippen LogP contribution in [0.25, 0.3) is 0 Å². The Labute approximate surface area is 103 Å². The molecule has 3 nitrogen and oxygen atoms in total. The third kappa shape index (κ3) is 2.07. The molecule has 17 heavy (non-hydrogen) atoms. The number of amides is 1. The van der Waals surface area contributed by atoms with Crippen LogP contribution >= 0.6 is 0 Å². The first kappa shape index (κ1) is 12.1. The van der Waals surface area contributed by atoms with Crippen molar-refractivity contribution in [3.8, 4) is 0 Å². The van der Waals surface area contributed by atoms with E-state index in [1.807, 2.05) is 11.9 Å². The van der Waals surface area contributed by atoms with Gasteiger partial charge in [-0.25, -0.2) is 0 Å². The number of carbonyl (C=O) groups excluding carboxylic acids is 1. The number of nitrogens with zero attached hydrogens (tertiary/aromatic N) is 1. The van der Waals surface area contributed by atoms with Crippen LogP contribution < -0.4 is 10.2 Å². The maximum absolute atomic E-state index is 11.8. The third-order valence-electron chi connectivity index (χ3n) is 3.52. The summed E-state index contributed by atoms with van der Waals surface area (Å²) in [5.74, 6) is 0.122. The first-order valence-corrected chi connectivity index (χ1v) is 6.12. The Morgan fingerprint density at radius 3 is 2.76 bits per heavy atom. The number of benzene rings is 1. The van der Waals surface area contributed by atoms with E-state index < -0.39 is 0 Å². The monoisotopic (exact) mass is 232 g/mol. The topological polar surface area (TPSA) is 32.3 Å². The van der Waals surface area contributed by atoms with Gasteiger partial charge in [0.15, 0.2) is 0 Å². The Balaban J connectivity index is 2.54. The van der Waals surface area contributed by atoms with E-state index in [9.17, 15) is 4.79 Å². The molecule has 0 aliphatic carbocycles. The molecule has 0 bridgehead atoms. The van der Waals surface area contributed by atoms with E-state index in [0.29, 0.717) is 6.04 Å². The molecule has 0 fully saturated rings. The van der Waals surface area contributed by atoms with E-state index >= 15 is 0 Å². The summed E-state index contributed by atoms with van der Waals surface area (Å²) in [7, 11) is 1.98. The van der Waals surface area contributed by atoms with Crippen LogP contribution in [0.5, 0.6) is 0 Å². The van der Waals surface area contributed by atoms with E-state index in [2.05, 4.69) is 37.4 Å². The van der Waals surface area contributed by atoms with Crippen LogP contribution in [0.3, 0.4) is 0 Å². The zero-order valence-electron chi connectivity index (χ0n) is 10.9. The molecule has 92 valence electrons.